The predicted molar refractivity (Wildman–Crippen MR) is 66.3 cm³/mol. The van der Waals surface area contributed by atoms with E-state index in [0.717, 1.165) is 18.8 Å². The van der Waals surface area contributed by atoms with Crippen molar-refractivity contribution in [3.05, 3.63) is 29.6 Å². The summed E-state index contributed by atoms with van der Waals surface area (Å²) in [5.41, 5.74) is 2.53. The molecule has 2 rings (SSSR count). The van der Waals surface area contributed by atoms with Crippen LogP contribution in [0.3, 0.4) is 0 Å². The van der Waals surface area contributed by atoms with Crippen molar-refractivity contribution in [2.24, 2.45) is 0 Å². The van der Waals surface area contributed by atoms with Crippen LogP contribution in [-0.4, -0.2) is 36.1 Å². The number of aryl methyl sites for hydroxylation is 1. The number of hydrogen-bond donors (Lipinski definition) is 1. The predicted octanol–water partition coefficient (Wildman–Crippen LogP) is 1.57. The van der Waals surface area contributed by atoms with E-state index in [1.807, 2.05) is 19.3 Å². The third kappa shape index (κ3) is 2.60. The van der Waals surface area contributed by atoms with Gasteiger partial charge in [-0.05, 0) is 45.0 Å². The van der Waals surface area contributed by atoms with Crippen molar-refractivity contribution in [1.29, 1.82) is 0 Å². The molecule has 0 aliphatic carbocycles. The van der Waals surface area contributed by atoms with Gasteiger partial charge in [-0.1, -0.05) is 6.07 Å². The van der Waals surface area contributed by atoms with Crippen LogP contribution < -0.4 is 5.32 Å². The van der Waals surface area contributed by atoms with Gasteiger partial charge in [0.05, 0.1) is 0 Å². The van der Waals surface area contributed by atoms with E-state index < -0.39 is 0 Å². The van der Waals surface area contributed by atoms with Crippen LogP contribution in [0.2, 0.25) is 0 Å². The molecule has 1 aliphatic heterocycles. The van der Waals surface area contributed by atoms with Gasteiger partial charge >= 0.3 is 0 Å². The minimum absolute atomic E-state index is 0.699. The standard InChI is InChI=1S/C13H21N3/c1-11-12(5-3-7-15-11)10-16-8-4-6-13(16)9-14-2/h3,5,7,13-14H,4,6,8-10H2,1-2H3. The molecule has 0 spiro atoms. The first kappa shape index (κ1) is 11.6. The number of nitrogens with one attached hydrogen (secondary N) is 1. The highest BCUT2D eigenvalue weighted by atomic mass is 15.2. The van der Waals surface area contributed by atoms with Gasteiger partial charge in [-0.2, -0.15) is 0 Å². The lowest BCUT2D eigenvalue weighted by Gasteiger charge is -2.24. The zero-order valence-electron chi connectivity index (χ0n) is 10.2. The van der Waals surface area contributed by atoms with Crippen LogP contribution in [0.5, 0.6) is 0 Å². The molecule has 1 N–H and O–H groups in total. The lowest BCUT2D eigenvalue weighted by Crippen LogP contribution is -2.36. The Morgan fingerprint density at radius 3 is 3.19 bits per heavy atom. The largest absolute Gasteiger partial charge is 0.318 e. The minimum Gasteiger partial charge on any atom is -0.318 e. The molecule has 1 atom stereocenters. The summed E-state index contributed by atoms with van der Waals surface area (Å²) >= 11 is 0. The fourth-order valence-corrected chi connectivity index (χ4v) is 2.47. The molecule has 0 bridgehead atoms. The van der Waals surface area contributed by atoms with Gasteiger partial charge in [0.15, 0.2) is 0 Å². The Bertz CT molecular complexity index is 338. The number of rotatable bonds is 4. The molecular formula is C13H21N3. The normalized spacial score (nSPS) is 21.5. The molecule has 3 nitrogen and oxygen atoms in total. The van der Waals surface area contributed by atoms with Crippen LogP contribution in [0.1, 0.15) is 24.1 Å². The molecule has 1 saturated heterocycles. The molecule has 0 aromatic carbocycles. The maximum absolute atomic E-state index is 4.35. The van der Waals surface area contributed by atoms with Gasteiger partial charge in [0.1, 0.15) is 0 Å². The Balaban J connectivity index is 2.01. The summed E-state index contributed by atoms with van der Waals surface area (Å²) in [7, 11) is 2.03. The third-order valence-corrected chi connectivity index (χ3v) is 3.43. The number of likely N-dealkylation sites (N-methyl/N-ethyl adjacent to an activating group) is 1. The molecule has 0 saturated carbocycles. The molecule has 1 aromatic heterocycles. The van der Waals surface area contributed by atoms with Gasteiger partial charge in [0.2, 0.25) is 0 Å². The van der Waals surface area contributed by atoms with E-state index >= 15 is 0 Å². The summed E-state index contributed by atoms with van der Waals surface area (Å²) in [6.45, 7) is 5.46. The van der Waals surface area contributed by atoms with E-state index in [1.54, 1.807) is 0 Å². The number of likely N-dealkylation sites (tertiary alicyclic amines) is 1. The van der Waals surface area contributed by atoms with Crippen molar-refractivity contribution in [2.45, 2.75) is 32.4 Å². The zero-order valence-corrected chi connectivity index (χ0v) is 10.2. The number of aromatic nitrogens is 1. The highest BCUT2D eigenvalue weighted by Crippen LogP contribution is 2.20. The summed E-state index contributed by atoms with van der Waals surface area (Å²) < 4.78 is 0. The fraction of sp³-hybridized carbons (Fsp3) is 0.615. The molecule has 2 heterocycles. The van der Waals surface area contributed by atoms with Gasteiger partial charge in [-0.15, -0.1) is 0 Å². The van der Waals surface area contributed by atoms with Crippen molar-refractivity contribution >= 4 is 0 Å². The first-order chi connectivity index (χ1) is 7.81. The second-order valence-electron chi connectivity index (χ2n) is 4.57. The average Bonchev–Trinajstić information content (AvgIpc) is 2.70. The Labute approximate surface area is 97.9 Å². The van der Waals surface area contributed by atoms with E-state index in [-0.39, 0.29) is 0 Å². The summed E-state index contributed by atoms with van der Waals surface area (Å²) in [5.74, 6) is 0. The van der Waals surface area contributed by atoms with E-state index in [2.05, 4.69) is 28.2 Å². The lowest BCUT2D eigenvalue weighted by molar-refractivity contribution is 0.241. The molecule has 1 fully saturated rings. The quantitative estimate of drug-likeness (QED) is 0.833. The Hall–Kier alpha value is -0.930. The maximum Gasteiger partial charge on any atom is 0.0417 e. The van der Waals surface area contributed by atoms with Crippen molar-refractivity contribution < 1.29 is 0 Å². The molecule has 3 heteroatoms. The molecule has 1 unspecified atom stereocenters. The van der Waals surface area contributed by atoms with Crippen LogP contribution in [-0.2, 0) is 6.54 Å². The Kier molecular flexibility index (Phi) is 3.91. The number of pyridine rings is 1. The number of nitrogens with zero attached hydrogens (tertiary/aromatic N) is 2. The van der Waals surface area contributed by atoms with Crippen LogP contribution in [0.4, 0.5) is 0 Å². The van der Waals surface area contributed by atoms with E-state index in [0.29, 0.717) is 6.04 Å². The smallest absolute Gasteiger partial charge is 0.0417 e. The van der Waals surface area contributed by atoms with Crippen molar-refractivity contribution in [1.82, 2.24) is 15.2 Å². The SMILES string of the molecule is CNCC1CCCN1Cc1cccnc1C. The lowest BCUT2D eigenvalue weighted by atomic mass is 10.1. The van der Waals surface area contributed by atoms with Gasteiger partial charge in [0, 0.05) is 31.0 Å². The van der Waals surface area contributed by atoms with E-state index in [1.165, 1.54) is 24.9 Å². The van der Waals surface area contributed by atoms with Crippen LogP contribution in [0, 0.1) is 6.92 Å². The maximum atomic E-state index is 4.35. The van der Waals surface area contributed by atoms with Crippen molar-refractivity contribution in [2.75, 3.05) is 20.1 Å². The zero-order chi connectivity index (χ0) is 11.4. The molecule has 0 amide bonds. The topological polar surface area (TPSA) is 28.2 Å². The van der Waals surface area contributed by atoms with Gasteiger partial charge < -0.3 is 5.32 Å². The van der Waals surface area contributed by atoms with Crippen molar-refractivity contribution in [3.8, 4) is 0 Å². The highest BCUT2D eigenvalue weighted by Gasteiger charge is 2.23. The molecular weight excluding hydrogens is 198 g/mol. The minimum atomic E-state index is 0.699. The molecule has 88 valence electrons. The Morgan fingerprint density at radius 1 is 1.56 bits per heavy atom. The van der Waals surface area contributed by atoms with Gasteiger partial charge in [-0.25, -0.2) is 0 Å². The summed E-state index contributed by atoms with van der Waals surface area (Å²) in [4.78, 5) is 6.92. The molecule has 0 radical (unpaired) electrons. The molecule has 1 aromatic rings. The fourth-order valence-electron chi connectivity index (χ4n) is 2.47. The first-order valence-corrected chi connectivity index (χ1v) is 6.10. The Morgan fingerprint density at radius 2 is 2.44 bits per heavy atom. The summed E-state index contributed by atoms with van der Waals surface area (Å²) in [5, 5.41) is 3.28. The highest BCUT2D eigenvalue weighted by molar-refractivity contribution is 5.18. The van der Waals surface area contributed by atoms with Gasteiger partial charge in [-0.3, -0.25) is 9.88 Å². The van der Waals surface area contributed by atoms with Crippen LogP contribution >= 0.6 is 0 Å². The van der Waals surface area contributed by atoms with Gasteiger partial charge in [0.25, 0.3) is 0 Å². The summed E-state index contributed by atoms with van der Waals surface area (Å²) in [6, 6.07) is 4.92. The van der Waals surface area contributed by atoms with E-state index in [9.17, 15) is 0 Å². The van der Waals surface area contributed by atoms with Crippen LogP contribution in [0.25, 0.3) is 0 Å². The van der Waals surface area contributed by atoms with Crippen molar-refractivity contribution in [3.63, 3.8) is 0 Å². The van der Waals surface area contributed by atoms with Crippen LogP contribution in [0.15, 0.2) is 18.3 Å². The third-order valence-electron chi connectivity index (χ3n) is 3.43. The molecule has 1 aliphatic rings. The second-order valence-corrected chi connectivity index (χ2v) is 4.57. The monoisotopic (exact) mass is 219 g/mol. The molecule has 16 heavy (non-hydrogen) atoms. The number of hydrogen-bond acceptors (Lipinski definition) is 3. The summed E-state index contributed by atoms with van der Waals surface area (Å²) in [6.07, 6.45) is 4.51. The second kappa shape index (κ2) is 5.41. The van der Waals surface area contributed by atoms with E-state index in [4.69, 9.17) is 0 Å². The first-order valence-electron chi connectivity index (χ1n) is 6.10. The average molecular weight is 219 g/mol.